The van der Waals surface area contributed by atoms with Gasteiger partial charge in [-0.2, -0.15) is 5.26 Å². The second-order valence-electron chi connectivity index (χ2n) is 4.87. The molecule has 1 saturated carbocycles. The molecule has 0 atom stereocenters. The van der Waals surface area contributed by atoms with Crippen molar-refractivity contribution in [3.05, 3.63) is 47.5 Å². The third-order valence-electron chi connectivity index (χ3n) is 3.74. The van der Waals surface area contributed by atoms with E-state index in [9.17, 15) is 4.79 Å². The van der Waals surface area contributed by atoms with Crippen molar-refractivity contribution in [3.63, 3.8) is 0 Å². The summed E-state index contributed by atoms with van der Waals surface area (Å²) in [4.78, 5) is 10.3. The molecule has 0 N–H and O–H groups in total. The lowest BCUT2D eigenvalue weighted by Gasteiger charge is -2.27. The highest BCUT2D eigenvalue weighted by Gasteiger charge is 2.20. The molecular formula is C16H17NO. The van der Waals surface area contributed by atoms with Gasteiger partial charge < -0.3 is 0 Å². The number of benzene rings is 1. The van der Waals surface area contributed by atoms with Gasteiger partial charge in [0, 0.05) is 0 Å². The first kappa shape index (κ1) is 12.6. The summed E-state index contributed by atoms with van der Waals surface area (Å²) in [5, 5.41) is 8.77. The maximum absolute atomic E-state index is 10.3. The fraction of sp³-hybridized carbons (Fsp3) is 0.375. The van der Waals surface area contributed by atoms with Crippen LogP contribution in [0.3, 0.4) is 0 Å². The summed E-state index contributed by atoms with van der Waals surface area (Å²) >= 11 is 0. The Morgan fingerprint density at radius 3 is 2.33 bits per heavy atom. The average Bonchev–Trinajstić information content (AvgIpc) is 2.46. The minimum Gasteiger partial charge on any atom is -0.299 e. The van der Waals surface area contributed by atoms with E-state index in [-0.39, 0.29) is 0 Å². The van der Waals surface area contributed by atoms with Crippen molar-refractivity contribution in [2.45, 2.75) is 31.6 Å². The molecule has 0 aliphatic heterocycles. The molecule has 2 rings (SSSR count). The highest BCUT2D eigenvalue weighted by molar-refractivity contribution is 5.64. The summed E-state index contributed by atoms with van der Waals surface area (Å²) in [7, 11) is 0. The molecule has 1 aliphatic rings. The second-order valence-corrected chi connectivity index (χ2v) is 4.87. The van der Waals surface area contributed by atoms with E-state index in [0.29, 0.717) is 11.8 Å². The highest BCUT2D eigenvalue weighted by atomic mass is 16.1. The summed E-state index contributed by atoms with van der Waals surface area (Å²) in [5.74, 6) is 1.17. The second kappa shape index (κ2) is 6.16. The van der Waals surface area contributed by atoms with Crippen molar-refractivity contribution in [2.24, 2.45) is 5.92 Å². The van der Waals surface area contributed by atoms with Gasteiger partial charge in [-0.05, 0) is 61.3 Å². The maximum atomic E-state index is 10.3. The molecule has 2 heteroatoms. The number of hydrogen-bond donors (Lipinski definition) is 0. The number of aldehydes is 1. The molecule has 2 nitrogen and oxygen atoms in total. The number of nitrogens with zero attached hydrogens (tertiary/aromatic N) is 1. The monoisotopic (exact) mass is 239 g/mol. The molecule has 1 aromatic rings. The molecule has 92 valence electrons. The number of hydrogen-bond acceptors (Lipinski definition) is 2. The van der Waals surface area contributed by atoms with Crippen molar-refractivity contribution in [3.8, 4) is 6.07 Å². The molecule has 0 bridgehead atoms. The quantitative estimate of drug-likeness (QED) is 0.597. The molecule has 18 heavy (non-hydrogen) atoms. The van der Waals surface area contributed by atoms with Crippen LogP contribution in [0.15, 0.2) is 36.4 Å². The van der Waals surface area contributed by atoms with Crippen molar-refractivity contribution in [2.75, 3.05) is 0 Å². The Hall–Kier alpha value is -1.88. The van der Waals surface area contributed by atoms with E-state index in [1.165, 1.54) is 18.4 Å². The van der Waals surface area contributed by atoms with Gasteiger partial charge in [-0.3, -0.25) is 4.79 Å². The Kier molecular flexibility index (Phi) is 4.30. The lowest BCUT2D eigenvalue weighted by Crippen LogP contribution is -2.11. The Morgan fingerprint density at radius 1 is 1.11 bits per heavy atom. The topological polar surface area (TPSA) is 40.9 Å². The number of allylic oxidation sites excluding steroid dienone is 2. The summed E-state index contributed by atoms with van der Waals surface area (Å²) in [6.07, 6.45) is 9.13. The number of carbonyl (C=O) groups excluding carboxylic acids is 1. The first-order valence-corrected chi connectivity index (χ1v) is 6.45. The van der Waals surface area contributed by atoms with Crippen LogP contribution in [0.2, 0.25) is 0 Å². The van der Waals surface area contributed by atoms with Crippen molar-refractivity contribution < 1.29 is 4.79 Å². The zero-order valence-electron chi connectivity index (χ0n) is 10.4. The molecule has 1 fully saturated rings. The molecule has 1 aromatic carbocycles. The Bertz CT molecular complexity index is 459. The van der Waals surface area contributed by atoms with E-state index in [1.54, 1.807) is 6.08 Å². The first-order valence-electron chi connectivity index (χ1n) is 6.45. The first-order chi connectivity index (χ1) is 8.83. The van der Waals surface area contributed by atoms with E-state index >= 15 is 0 Å². The third-order valence-corrected chi connectivity index (χ3v) is 3.74. The standard InChI is InChI=1S/C16H17NO/c17-12-14-5-9-16(10-6-14)15-7-3-13(4-8-15)2-1-11-18/h1-2,5-6,9-11,13,15H,3-4,7-8H2/t13-,15-. The van der Waals surface area contributed by atoms with E-state index in [4.69, 9.17) is 5.26 Å². The SMILES string of the molecule is N#Cc1ccc([C@H]2CC[C@H](C=CC=O)CC2)cc1. The molecule has 0 amide bonds. The molecule has 0 heterocycles. The van der Waals surface area contributed by atoms with Crippen LogP contribution < -0.4 is 0 Å². The lowest BCUT2D eigenvalue weighted by atomic mass is 9.78. The minimum atomic E-state index is 0.560. The fourth-order valence-corrected chi connectivity index (χ4v) is 2.68. The van der Waals surface area contributed by atoms with Gasteiger partial charge in [-0.1, -0.05) is 18.2 Å². The van der Waals surface area contributed by atoms with Crippen LogP contribution in [0.1, 0.15) is 42.7 Å². The van der Waals surface area contributed by atoms with Crippen LogP contribution in [0.25, 0.3) is 0 Å². The van der Waals surface area contributed by atoms with Gasteiger partial charge in [0.2, 0.25) is 0 Å². The largest absolute Gasteiger partial charge is 0.299 e. The summed E-state index contributed by atoms with van der Waals surface area (Å²) in [6, 6.07) is 10.1. The van der Waals surface area contributed by atoms with Gasteiger partial charge in [0.25, 0.3) is 0 Å². The fourth-order valence-electron chi connectivity index (χ4n) is 2.68. The van der Waals surface area contributed by atoms with Gasteiger partial charge in [0.1, 0.15) is 6.29 Å². The van der Waals surface area contributed by atoms with Crippen LogP contribution in [0.5, 0.6) is 0 Å². The van der Waals surface area contributed by atoms with E-state index in [1.807, 2.05) is 18.2 Å². The lowest BCUT2D eigenvalue weighted by molar-refractivity contribution is -0.104. The highest BCUT2D eigenvalue weighted by Crippen LogP contribution is 2.36. The Morgan fingerprint density at radius 2 is 1.78 bits per heavy atom. The van der Waals surface area contributed by atoms with Crippen LogP contribution in [-0.2, 0) is 4.79 Å². The molecular weight excluding hydrogens is 222 g/mol. The number of nitriles is 1. The summed E-state index contributed by atoms with van der Waals surface area (Å²) in [5.41, 5.74) is 2.06. The van der Waals surface area contributed by atoms with Gasteiger partial charge >= 0.3 is 0 Å². The van der Waals surface area contributed by atoms with Gasteiger partial charge in [0.05, 0.1) is 11.6 Å². The average molecular weight is 239 g/mol. The normalized spacial score (nSPS) is 23.7. The molecule has 0 saturated heterocycles. The van der Waals surface area contributed by atoms with Gasteiger partial charge in [-0.15, -0.1) is 0 Å². The zero-order valence-corrected chi connectivity index (χ0v) is 10.4. The minimum absolute atomic E-state index is 0.560. The van der Waals surface area contributed by atoms with Crippen molar-refractivity contribution in [1.82, 2.24) is 0 Å². The van der Waals surface area contributed by atoms with E-state index in [2.05, 4.69) is 18.2 Å². The molecule has 0 aromatic heterocycles. The summed E-state index contributed by atoms with van der Waals surface area (Å²) in [6.45, 7) is 0. The van der Waals surface area contributed by atoms with E-state index < -0.39 is 0 Å². The van der Waals surface area contributed by atoms with Crippen LogP contribution >= 0.6 is 0 Å². The smallest absolute Gasteiger partial charge is 0.142 e. The van der Waals surface area contributed by atoms with Crippen LogP contribution in [0.4, 0.5) is 0 Å². The van der Waals surface area contributed by atoms with Crippen LogP contribution in [-0.4, -0.2) is 6.29 Å². The van der Waals surface area contributed by atoms with Crippen molar-refractivity contribution in [1.29, 1.82) is 5.26 Å². The number of carbonyl (C=O) groups is 1. The Balaban J connectivity index is 1.94. The van der Waals surface area contributed by atoms with Crippen LogP contribution in [0, 0.1) is 17.2 Å². The molecule has 0 spiro atoms. The Labute approximate surface area is 108 Å². The summed E-state index contributed by atoms with van der Waals surface area (Å²) < 4.78 is 0. The zero-order chi connectivity index (χ0) is 12.8. The van der Waals surface area contributed by atoms with Gasteiger partial charge in [-0.25, -0.2) is 0 Å². The molecule has 1 aliphatic carbocycles. The predicted molar refractivity (Wildman–Crippen MR) is 71.1 cm³/mol. The molecule has 0 unspecified atom stereocenters. The predicted octanol–water partition coefficient (Wildman–Crippen LogP) is 3.59. The third kappa shape index (κ3) is 3.07. The van der Waals surface area contributed by atoms with Crippen molar-refractivity contribution >= 4 is 6.29 Å². The maximum Gasteiger partial charge on any atom is 0.142 e. The van der Waals surface area contributed by atoms with Gasteiger partial charge in [0.15, 0.2) is 0 Å². The molecule has 0 radical (unpaired) electrons. The number of rotatable bonds is 3. The van der Waals surface area contributed by atoms with E-state index in [0.717, 1.165) is 24.7 Å².